The quantitative estimate of drug-likeness (QED) is 0.413. The number of aryl methyl sites for hydroxylation is 2. The topological polar surface area (TPSA) is 69.5 Å². The molecule has 0 N–H and O–H groups in total. The Morgan fingerprint density at radius 2 is 2.00 bits per heavy atom. The fourth-order valence-corrected chi connectivity index (χ4v) is 4.54. The molecule has 1 amide bonds. The molecular formula is C23H24N4O3S. The van der Waals surface area contributed by atoms with Gasteiger partial charge in [0.1, 0.15) is 11.5 Å². The molecule has 31 heavy (non-hydrogen) atoms. The van der Waals surface area contributed by atoms with Crippen molar-refractivity contribution in [3.63, 3.8) is 0 Å². The predicted octanol–water partition coefficient (Wildman–Crippen LogP) is 4.23. The first-order valence-corrected chi connectivity index (χ1v) is 10.8. The van der Waals surface area contributed by atoms with Crippen LogP contribution in [0, 0.1) is 13.8 Å². The minimum Gasteiger partial charge on any atom is -0.497 e. The lowest BCUT2D eigenvalue weighted by Gasteiger charge is -2.20. The minimum absolute atomic E-state index is 0.0970. The summed E-state index contributed by atoms with van der Waals surface area (Å²) in [6, 6.07) is 13.3. The average Bonchev–Trinajstić information content (AvgIpc) is 3.42. The second-order valence-corrected chi connectivity index (χ2v) is 8.22. The normalized spacial score (nSPS) is 10.9. The summed E-state index contributed by atoms with van der Waals surface area (Å²) < 4.78 is 13.8. The van der Waals surface area contributed by atoms with E-state index in [9.17, 15) is 4.79 Å². The molecule has 0 saturated carbocycles. The summed E-state index contributed by atoms with van der Waals surface area (Å²) in [5, 5.41) is 4.90. The zero-order valence-electron chi connectivity index (χ0n) is 17.7. The highest BCUT2D eigenvalue weighted by atomic mass is 32.1. The number of rotatable bonds is 8. The summed E-state index contributed by atoms with van der Waals surface area (Å²) in [7, 11) is 1.60. The van der Waals surface area contributed by atoms with Crippen LogP contribution in [0.15, 0.2) is 54.9 Å². The van der Waals surface area contributed by atoms with Gasteiger partial charge < -0.3 is 9.47 Å². The number of anilines is 1. The lowest BCUT2D eigenvalue weighted by molar-refractivity contribution is -0.120. The highest BCUT2D eigenvalue weighted by molar-refractivity contribution is 7.22. The van der Waals surface area contributed by atoms with Crippen molar-refractivity contribution in [2.75, 3.05) is 25.2 Å². The van der Waals surface area contributed by atoms with Gasteiger partial charge in [0.2, 0.25) is 0 Å². The van der Waals surface area contributed by atoms with Crippen LogP contribution < -0.4 is 14.4 Å². The molecule has 0 aliphatic rings. The van der Waals surface area contributed by atoms with Crippen LogP contribution in [0.25, 0.3) is 10.2 Å². The molecule has 7 nitrogen and oxygen atoms in total. The van der Waals surface area contributed by atoms with E-state index in [0.717, 1.165) is 15.8 Å². The molecule has 0 unspecified atom stereocenters. The fourth-order valence-electron chi connectivity index (χ4n) is 3.35. The first-order chi connectivity index (χ1) is 15.0. The van der Waals surface area contributed by atoms with E-state index in [0.29, 0.717) is 29.7 Å². The molecule has 0 spiro atoms. The number of carbonyl (C=O) groups excluding carboxylic acids is 1. The van der Waals surface area contributed by atoms with Gasteiger partial charge in [-0.25, -0.2) is 4.98 Å². The molecule has 4 rings (SSSR count). The summed E-state index contributed by atoms with van der Waals surface area (Å²) >= 11 is 1.52. The number of carbonyl (C=O) groups is 1. The number of aromatic nitrogens is 3. The SMILES string of the molecule is COc1cccc(OCC(=O)N(CCn2cccn2)c2nc3c(C)cc(C)cc3s2)c1. The summed E-state index contributed by atoms with van der Waals surface area (Å²) in [5.41, 5.74) is 3.21. The third-order valence-corrected chi connectivity index (χ3v) is 5.89. The van der Waals surface area contributed by atoms with E-state index in [-0.39, 0.29) is 12.5 Å². The molecule has 4 aromatic rings. The van der Waals surface area contributed by atoms with E-state index in [2.05, 4.69) is 24.2 Å². The van der Waals surface area contributed by atoms with Gasteiger partial charge in [0.15, 0.2) is 11.7 Å². The van der Waals surface area contributed by atoms with Crippen molar-refractivity contribution in [3.8, 4) is 11.5 Å². The van der Waals surface area contributed by atoms with Gasteiger partial charge in [-0.1, -0.05) is 23.5 Å². The summed E-state index contributed by atoms with van der Waals surface area (Å²) in [6.45, 7) is 5.01. The standard InChI is InChI=1S/C23H24N4O3S/c1-16-12-17(2)22-20(13-16)31-23(25-22)27(11-10-26-9-5-8-24-26)21(28)15-30-19-7-4-6-18(14-19)29-3/h4-9,12-14H,10-11,15H2,1-3H3. The molecule has 0 atom stereocenters. The molecule has 0 saturated heterocycles. The Kier molecular flexibility index (Phi) is 6.18. The van der Waals surface area contributed by atoms with E-state index in [4.69, 9.17) is 14.5 Å². The number of thiazole rings is 1. The Bertz CT molecular complexity index is 1190. The second-order valence-electron chi connectivity index (χ2n) is 7.21. The summed E-state index contributed by atoms with van der Waals surface area (Å²) in [4.78, 5) is 19.6. The van der Waals surface area contributed by atoms with E-state index >= 15 is 0 Å². The fraction of sp³-hybridized carbons (Fsp3) is 0.261. The van der Waals surface area contributed by atoms with E-state index < -0.39 is 0 Å². The molecule has 0 aliphatic carbocycles. The first kappa shape index (κ1) is 20.9. The van der Waals surface area contributed by atoms with Crippen LogP contribution in [-0.4, -0.2) is 40.9 Å². The monoisotopic (exact) mass is 436 g/mol. The maximum Gasteiger partial charge on any atom is 0.266 e. The van der Waals surface area contributed by atoms with Crippen LogP contribution in [0.4, 0.5) is 5.13 Å². The maximum absolute atomic E-state index is 13.2. The van der Waals surface area contributed by atoms with Gasteiger partial charge in [0.25, 0.3) is 5.91 Å². The number of hydrogen-bond acceptors (Lipinski definition) is 6. The highest BCUT2D eigenvalue weighted by Crippen LogP contribution is 2.32. The van der Waals surface area contributed by atoms with Crippen LogP contribution in [0.1, 0.15) is 11.1 Å². The molecule has 2 heterocycles. The van der Waals surface area contributed by atoms with Crippen molar-refractivity contribution in [1.82, 2.24) is 14.8 Å². The largest absolute Gasteiger partial charge is 0.497 e. The zero-order valence-corrected chi connectivity index (χ0v) is 18.6. The number of hydrogen-bond donors (Lipinski definition) is 0. The van der Waals surface area contributed by atoms with Crippen molar-refractivity contribution in [2.45, 2.75) is 20.4 Å². The molecule has 0 fully saturated rings. The second kappa shape index (κ2) is 9.18. The van der Waals surface area contributed by atoms with Crippen LogP contribution >= 0.6 is 11.3 Å². The molecule has 0 radical (unpaired) electrons. The van der Waals surface area contributed by atoms with E-state index in [1.165, 1.54) is 16.9 Å². The number of benzene rings is 2. The van der Waals surface area contributed by atoms with Gasteiger partial charge in [0, 0.05) is 25.0 Å². The Labute approximate surface area is 184 Å². The van der Waals surface area contributed by atoms with Gasteiger partial charge >= 0.3 is 0 Å². The Hall–Kier alpha value is -3.39. The number of fused-ring (bicyclic) bond motifs is 1. The van der Waals surface area contributed by atoms with Crippen LogP contribution in [0.2, 0.25) is 0 Å². The Morgan fingerprint density at radius 1 is 1.16 bits per heavy atom. The molecule has 160 valence electrons. The van der Waals surface area contributed by atoms with Crippen LogP contribution in [0.5, 0.6) is 11.5 Å². The Balaban J connectivity index is 1.57. The van der Waals surface area contributed by atoms with Crippen molar-refractivity contribution in [1.29, 1.82) is 0 Å². The average molecular weight is 437 g/mol. The molecule has 2 aromatic carbocycles. The van der Waals surface area contributed by atoms with Gasteiger partial charge in [-0.3, -0.25) is 14.4 Å². The third kappa shape index (κ3) is 4.86. The first-order valence-electron chi connectivity index (χ1n) is 9.96. The molecular weight excluding hydrogens is 412 g/mol. The molecule has 0 aliphatic heterocycles. The number of ether oxygens (including phenoxy) is 2. The number of methoxy groups -OCH3 is 1. The van der Waals surface area contributed by atoms with Crippen molar-refractivity contribution >= 4 is 32.6 Å². The van der Waals surface area contributed by atoms with Crippen LogP contribution in [0.3, 0.4) is 0 Å². The van der Waals surface area contributed by atoms with Gasteiger partial charge in [-0.2, -0.15) is 5.10 Å². The zero-order chi connectivity index (χ0) is 21.8. The maximum atomic E-state index is 13.2. The molecule has 0 bridgehead atoms. The van der Waals surface area contributed by atoms with Crippen molar-refractivity contribution in [3.05, 3.63) is 66.0 Å². The number of amides is 1. The van der Waals surface area contributed by atoms with E-state index in [1.54, 1.807) is 35.0 Å². The number of nitrogens with zero attached hydrogens (tertiary/aromatic N) is 4. The third-order valence-electron chi connectivity index (χ3n) is 4.87. The van der Waals surface area contributed by atoms with E-state index in [1.807, 2.05) is 31.3 Å². The van der Waals surface area contributed by atoms with Gasteiger partial charge in [0.05, 0.1) is 23.9 Å². The summed E-state index contributed by atoms with van der Waals surface area (Å²) in [6.07, 6.45) is 3.60. The van der Waals surface area contributed by atoms with Crippen molar-refractivity contribution < 1.29 is 14.3 Å². The van der Waals surface area contributed by atoms with Crippen LogP contribution in [-0.2, 0) is 11.3 Å². The Morgan fingerprint density at radius 3 is 2.77 bits per heavy atom. The smallest absolute Gasteiger partial charge is 0.266 e. The minimum atomic E-state index is -0.164. The lowest BCUT2D eigenvalue weighted by Crippen LogP contribution is -2.37. The molecule has 8 heteroatoms. The molecule has 2 aromatic heterocycles. The van der Waals surface area contributed by atoms with Gasteiger partial charge in [-0.15, -0.1) is 0 Å². The van der Waals surface area contributed by atoms with Crippen molar-refractivity contribution in [2.24, 2.45) is 0 Å². The predicted molar refractivity (Wildman–Crippen MR) is 122 cm³/mol. The summed E-state index contributed by atoms with van der Waals surface area (Å²) in [5.74, 6) is 1.09. The van der Waals surface area contributed by atoms with Gasteiger partial charge in [-0.05, 0) is 49.2 Å². The lowest BCUT2D eigenvalue weighted by atomic mass is 10.1. The highest BCUT2D eigenvalue weighted by Gasteiger charge is 2.21.